The van der Waals surface area contributed by atoms with Gasteiger partial charge in [0.25, 0.3) is 0 Å². The van der Waals surface area contributed by atoms with E-state index in [-0.39, 0.29) is 11.5 Å². The predicted molar refractivity (Wildman–Crippen MR) is 84.2 cm³/mol. The maximum atomic E-state index is 9.62. The van der Waals surface area contributed by atoms with Crippen molar-refractivity contribution in [2.75, 3.05) is 0 Å². The highest BCUT2D eigenvalue weighted by atomic mass is 35.5. The van der Waals surface area contributed by atoms with Crippen LogP contribution in [0.3, 0.4) is 0 Å². The lowest BCUT2D eigenvalue weighted by Crippen LogP contribution is -2.26. The van der Waals surface area contributed by atoms with Crippen molar-refractivity contribution in [1.29, 1.82) is 10.5 Å². The Kier molecular flexibility index (Phi) is 4.17. The van der Waals surface area contributed by atoms with Crippen molar-refractivity contribution in [3.05, 3.63) is 57.6 Å². The minimum atomic E-state index is -0.532. The highest BCUT2D eigenvalue weighted by Gasteiger charge is 2.37. The lowest BCUT2D eigenvalue weighted by molar-refractivity contribution is 0.199. The molecule has 0 amide bonds. The Morgan fingerprint density at radius 1 is 1.09 bits per heavy atom. The van der Waals surface area contributed by atoms with E-state index in [4.69, 9.17) is 22.1 Å². The summed E-state index contributed by atoms with van der Waals surface area (Å²) in [5, 5.41) is 19.6. The highest BCUT2D eigenvalue weighted by Crippen LogP contribution is 2.44. The van der Waals surface area contributed by atoms with Gasteiger partial charge in [-0.15, -0.1) is 0 Å². The summed E-state index contributed by atoms with van der Waals surface area (Å²) in [6.07, 6.45) is 0. The van der Waals surface area contributed by atoms with Crippen molar-refractivity contribution in [2.45, 2.75) is 26.7 Å². The number of nitrogens with zero attached hydrogens (tertiary/aromatic N) is 2. The molecule has 2 N–H and O–H groups in total. The minimum absolute atomic E-state index is 0.0476. The van der Waals surface area contributed by atoms with E-state index in [0.29, 0.717) is 16.4 Å². The van der Waals surface area contributed by atoms with E-state index in [2.05, 4.69) is 12.1 Å². The minimum Gasteiger partial charge on any atom is -0.443 e. The van der Waals surface area contributed by atoms with E-state index < -0.39 is 11.3 Å². The molecule has 5 heteroatoms. The van der Waals surface area contributed by atoms with Crippen LogP contribution in [-0.4, -0.2) is 0 Å². The van der Waals surface area contributed by atoms with E-state index in [1.165, 1.54) is 0 Å². The van der Waals surface area contributed by atoms with Gasteiger partial charge < -0.3 is 10.5 Å². The van der Waals surface area contributed by atoms with Crippen LogP contribution in [0.1, 0.15) is 32.3 Å². The van der Waals surface area contributed by atoms with Crippen molar-refractivity contribution in [3.63, 3.8) is 0 Å². The van der Waals surface area contributed by atoms with Crippen molar-refractivity contribution in [1.82, 2.24) is 0 Å². The molecule has 1 aromatic rings. The number of nitrogens with two attached hydrogens (primary N) is 1. The molecule has 0 saturated heterocycles. The number of benzene rings is 1. The predicted octanol–water partition coefficient (Wildman–Crippen LogP) is 3.97. The molecule has 1 heterocycles. The Labute approximate surface area is 135 Å². The van der Waals surface area contributed by atoms with Gasteiger partial charge >= 0.3 is 0 Å². The summed E-state index contributed by atoms with van der Waals surface area (Å²) in [6, 6.07) is 11.3. The number of nitriles is 2. The zero-order valence-corrected chi connectivity index (χ0v) is 13.4. The molecule has 1 aromatic carbocycles. The molecule has 4 nitrogen and oxygen atoms in total. The van der Waals surface area contributed by atoms with Gasteiger partial charge in [-0.3, -0.25) is 0 Å². The van der Waals surface area contributed by atoms with Crippen molar-refractivity contribution >= 4 is 11.6 Å². The van der Waals surface area contributed by atoms with Crippen LogP contribution in [0.25, 0.3) is 0 Å². The molecule has 0 spiro atoms. The molecule has 2 rings (SSSR count). The van der Waals surface area contributed by atoms with Crippen LogP contribution in [0.2, 0.25) is 5.02 Å². The molecule has 0 radical (unpaired) electrons. The summed E-state index contributed by atoms with van der Waals surface area (Å²) in [5.74, 6) is 0.00747. The summed E-state index contributed by atoms with van der Waals surface area (Å²) in [6.45, 7) is 5.80. The number of halogens is 1. The first-order chi connectivity index (χ1) is 10.3. The number of hydrogen-bond acceptors (Lipinski definition) is 4. The summed E-state index contributed by atoms with van der Waals surface area (Å²) in [4.78, 5) is 0. The fourth-order valence-corrected chi connectivity index (χ4v) is 2.54. The van der Waals surface area contributed by atoms with E-state index >= 15 is 0 Å². The molecule has 0 aliphatic carbocycles. The van der Waals surface area contributed by atoms with Crippen LogP contribution < -0.4 is 5.73 Å². The normalized spacial score (nSPS) is 18.5. The maximum absolute atomic E-state index is 9.62. The van der Waals surface area contributed by atoms with Gasteiger partial charge in [0.1, 0.15) is 17.4 Å². The standard InChI is InChI=1S/C17H16ClN3O/c1-17(2,3)15-12(8-19)14(13(9-20)16(21)22-15)10-4-6-11(18)7-5-10/h4-7,14H,21H2,1-3H3/t14-/m1/s1. The molecule has 0 bridgehead atoms. The summed E-state index contributed by atoms with van der Waals surface area (Å²) < 4.78 is 5.60. The Hall–Kier alpha value is -2.43. The molecule has 0 aromatic heterocycles. The number of hydrogen-bond donors (Lipinski definition) is 1. The smallest absolute Gasteiger partial charge is 0.205 e. The zero-order chi connectivity index (χ0) is 16.5. The van der Waals surface area contributed by atoms with E-state index in [1.807, 2.05) is 20.8 Å². The lowest BCUT2D eigenvalue weighted by Gasteiger charge is -2.32. The summed E-state index contributed by atoms with van der Waals surface area (Å²) in [5.41, 5.74) is 6.94. The monoisotopic (exact) mass is 313 g/mol. The zero-order valence-electron chi connectivity index (χ0n) is 12.6. The van der Waals surface area contributed by atoms with E-state index in [9.17, 15) is 10.5 Å². The quantitative estimate of drug-likeness (QED) is 0.850. The second-order valence-corrected chi connectivity index (χ2v) is 6.52. The first kappa shape index (κ1) is 15.9. The van der Waals surface area contributed by atoms with Gasteiger partial charge in [-0.1, -0.05) is 44.5 Å². The van der Waals surface area contributed by atoms with Gasteiger partial charge in [0.15, 0.2) is 0 Å². The molecular weight excluding hydrogens is 298 g/mol. The topological polar surface area (TPSA) is 82.8 Å². The molecule has 0 saturated carbocycles. The molecule has 1 atom stereocenters. The largest absolute Gasteiger partial charge is 0.443 e. The van der Waals surface area contributed by atoms with Gasteiger partial charge in [0.2, 0.25) is 5.88 Å². The molecule has 0 unspecified atom stereocenters. The average Bonchev–Trinajstić information content (AvgIpc) is 2.46. The third kappa shape index (κ3) is 2.79. The third-order valence-electron chi connectivity index (χ3n) is 3.42. The Balaban J connectivity index is 2.70. The first-order valence-corrected chi connectivity index (χ1v) is 7.15. The van der Waals surface area contributed by atoms with Crippen LogP contribution in [0, 0.1) is 28.1 Å². The fourth-order valence-electron chi connectivity index (χ4n) is 2.42. The second kappa shape index (κ2) is 5.75. The van der Waals surface area contributed by atoms with Crippen molar-refractivity contribution < 1.29 is 4.74 Å². The molecule has 22 heavy (non-hydrogen) atoms. The van der Waals surface area contributed by atoms with Gasteiger partial charge in [-0.2, -0.15) is 10.5 Å². The van der Waals surface area contributed by atoms with Crippen molar-refractivity contribution in [2.24, 2.45) is 11.1 Å². The van der Waals surface area contributed by atoms with Gasteiger partial charge in [-0.05, 0) is 17.7 Å². The summed E-state index contributed by atoms with van der Waals surface area (Å²) in [7, 11) is 0. The van der Waals surface area contributed by atoms with Crippen LogP contribution in [-0.2, 0) is 4.74 Å². The van der Waals surface area contributed by atoms with Gasteiger partial charge in [0.05, 0.1) is 17.6 Å². The number of allylic oxidation sites excluding steroid dienone is 3. The van der Waals surface area contributed by atoms with Gasteiger partial charge in [0, 0.05) is 10.4 Å². The van der Waals surface area contributed by atoms with Crippen LogP contribution >= 0.6 is 11.6 Å². The SMILES string of the molecule is CC(C)(C)C1=C(C#N)[C@@H](c2ccc(Cl)cc2)C(C#N)=C(N)O1. The fraction of sp³-hybridized carbons (Fsp3) is 0.294. The average molecular weight is 314 g/mol. The summed E-state index contributed by atoms with van der Waals surface area (Å²) >= 11 is 5.92. The molecule has 1 aliphatic heterocycles. The first-order valence-electron chi connectivity index (χ1n) is 6.77. The van der Waals surface area contributed by atoms with Gasteiger partial charge in [-0.25, -0.2) is 0 Å². The lowest BCUT2D eigenvalue weighted by atomic mass is 9.79. The molecule has 0 fully saturated rings. The van der Waals surface area contributed by atoms with Crippen LogP contribution in [0.4, 0.5) is 0 Å². The number of rotatable bonds is 1. The molecular formula is C17H16ClN3O. The van der Waals surface area contributed by atoms with Crippen molar-refractivity contribution in [3.8, 4) is 12.1 Å². The second-order valence-electron chi connectivity index (χ2n) is 6.08. The Morgan fingerprint density at radius 2 is 1.64 bits per heavy atom. The Morgan fingerprint density at radius 3 is 2.09 bits per heavy atom. The van der Waals surface area contributed by atoms with E-state index in [1.54, 1.807) is 24.3 Å². The third-order valence-corrected chi connectivity index (χ3v) is 3.68. The van der Waals surface area contributed by atoms with Crippen LogP contribution in [0.15, 0.2) is 47.1 Å². The molecule has 112 valence electrons. The van der Waals surface area contributed by atoms with E-state index in [0.717, 1.165) is 5.56 Å². The highest BCUT2D eigenvalue weighted by molar-refractivity contribution is 6.30. The molecule has 1 aliphatic rings. The maximum Gasteiger partial charge on any atom is 0.205 e. The number of ether oxygens (including phenoxy) is 1. The van der Waals surface area contributed by atoms with Crippen LogP contribution in [0.5, 0.6) is 0 Å². The Bertz CT molecular complexity index is 740.